The molecule has 1 unspecified atom stereocenters. The van der Waals surface area contributed by atoms with Crippen LogP contribution in [-0.4, -0.2) is 9.78 Å². The molecule has 13 heavy (non-hydrogen) atoms. The zero-order chi connectivity index (χ0) is 10.0. The quantitative estimate of drug-likeness (QED) is 0.699. The van der Waals surface area contributed by atoms with E-state index in [4.69, 9.17) is 0 Å². The van der Waals surface area contributed by atoms with Crippen LogP contribution in [0, 0.1) is 12.8 Å². The van der Waals surface area contributed by atoms with Crippen LogP contribution in [0.4, 0.5) is 0 Å². The predicted octanol–water partition coefficient (Wildman–Crippen LogP) is 2.97. The standard InChI is InChI=1S/C11H20N2/c1-6-13-11(7-9(4)12-13)10(5)8(2)3/h7-8,10H,6H2,1-5H3. The lowest BCUT2D eigenvalue weighted by Gasteiger charge is -2.16. The van der Waals surface area contributed by atoms with Gasteiger partial charge in [-0.2, -0.15) is 5.10 Å². The summed E-state index contributed by atoms with van der Waals surface area (Å²) in [4.78, 5) is 0. The van der Waals surface area contributed by atoms with Crippen LogP contribution < -0.4 is 0 Å². The molecule has 2 nitrogen and oxygen atoms in total. The minimum Gasteiger partial charge on any atom is -0.269 e. The number of aromatic nitrogens is 2. The van der Waals surface area contributed by atoms with Crippen molar-refractivity contribution < 1.29 is 0 Å². The SMILES string of the molecule is CCn1nc(C)cc1C(C)C(C)C. The highest BCUT2D eigenvalue weighted by Crippen LogP contribution is 2.24. The van der Waals surface area contributed by atoms with Gasteiger partial charge < -0.3 is 0 Å². The molecule has 0 saturated heterocycles. The van der Waals surface area contributed by atoms with Crippen LogP contribution >= 0.6 is 0 Å². The van der Waals surface area contributed by atoms with E-state index in [0.29, 0.717) is 11.8 Å². The van der Waals surface area contributed by atoms with E-state index in [0.717, 1.165) is 12.2 Å². The number of hydrogen-bond donors (Lipinski definition) is 0. The highest BCUT2D eigenvalue weighted by molar-refractivity contribution is 5.13. The van der Waals surface area contributed by atoms with Gasteiger partial charge in [0.25, 0.3) is 0 Å². The maximum absolute atomic E-state index is 4.45. The second kappa shape index (κ2) is 3.95. The molecule has 1 aromatic heterocycles. The third kappa shape index (κ3) is 2.11. The normalized spacial score (nSPS) is 13.7. The van der Waals surface area contributed by atoms with Crippen LogP contribution in [0.2, 0.25) is 0 Å². The fourth-order valence-electron chi connectivity index (χ4n) is 1.53. The highest BCUT2D eigenvalue weighted by Gasteiger charge is 2.14. The molecule has 0 saturated carbocycles. The summed E-state index contributed by atoms with van der Waals surface area (Å²) in [5, 5.41) is 4.45. The summed E-state index contributed by atoms with van der Waals surface area (Å²) in [6, 6.07) is 2.20. The Morgan fingerprint density at radius 2 is 2.00 bits per heavy atom. The fourth-order valence-corrected chi connectivity index (χ4v) is 1.53. The van der Waals surface area contributed by atoms with Crippen molar-refractivity contribution in [2.24, 2.45) is 5.92 Å². The average Bonchev–Trinajstić information content (AvgIpc) is 2.45. The zero-order valence-corrected chi connectivity index (χ0v) is 9.33. The van der Waals surface area contributed by atoms with Gasteiger partial charge in [-0.25, -0.2) is 0 Å². The molecule has 1 heterocycles. The van der Waals surface area contributed by atoms with Crippen LogP contribution in [0.25, 0.3) is 0 Å². The minimum atomic E-state index is 0.598. The number of nitrogens with zero attached hydrogens (tertiary/aromatic N) is 2. The van der Waals surface area contributed by atoms with Crippen LogP contribution in [0.15, 0.2) is 6.07 Å². The van der Waals surface area contributed by atoms with Crippen molar-refractivity contribution in [3.05, 3.63) is 17.5 Å². The van der Waals surface area contributed by atoms with Crippen molar-refractivity contribution in [2.45, 2.75) is 47.1 Å². The topological polar surface area (TPSA) is 17.8 Å². The molecule has 0 N–H and O–H groups in total. The number of rotatable bonds is 3. The molecule has 0 aliphatic rings. The van der Waals surface area contributed by atoms with E-state index in [9.17, 15) is 0 Å². The lowest BCUT2D eigenvalue weighted by molar-refractivity contribution is 0.483. The van der Waals surface area contributed by atoms with Gasteiger partial charge in [0, 0.05) is 18.2 Å². The van der Waals surface area contributed by atoms with Crippen molar-refractivity contribution >= 4 is 0 Å². The average molecular weight is 180 g/mol. The molecule has 1 atom stereocenters. The molecule has 0 fully saturated rings. The Balaban J connectivity index is 2.98. The van der Waals surface area contributed by atoms with Gasteiger partial charge in [0.15, 0.2) is 0 Å². The van der Waals surface area contributed by atoms with Gasteiger partial charge in [-0.15, -0.1) is 0 Å². The van der Waals surface area contributed by atoms with E-state index in [-0.39, 0.29) is 0 Å². The predicted molar refractivity (Wildman–Crippen MR) is 55.9 cm³/mol. The summed E-state index contributed by atoms with van der Waals surface area (Å²) >= 11 is 0. The summed E-state index contributed by atoms with van der Waals surface area (Å²) in [5.74, 6) is 1.28. The molecule has 2 heteroatoms. The number of hydrogen-bond acceptors (Lipinski definition) is 1. The van der Waals surface area contributed by atoms with E-state index < -0.39 is 0 Å². The molecule has 1 aromatic rings. The molecule has 0 aliphatic heterocycles. The van der Waals surface area contributed by atoms with Crippen LogP contribution in [0.1, 0.15) is 45.0 Å². The summed E-state index contributed by atoms with van der Waals surface area (Å²) < 4.78 is 2.11. The molecule has 1 rings (SSSR count). The Morgan fingerprint density at radius 1 is 1.38 bits per heavy atom. The maximum Gasteiger partial charge on any atom is 0.0596 e. The molecule has 0 radical (unpaired) electrons. The molecule has 0 aliphatic carbocycles. The Kier molecular flexibility index (Phi) is 3.12. The van der Waals surface area contributed by atoms with E-state index in [1.54, 1.807) is 0 Å². The first-order valence-corrected chi connectivity index (χ1v) is 5.10. The van der Waals surface area contributed by atoms with Gasteiger partial charge in [0.05, 0.1) is 5.69 Å². The summed E-state index contributed by atoms with van der Waals surface area (Å²) in [7, 11) is 0. The largest absolute Gasteiger partial charge is 0.269 e. The van der Waals surface area contributed by atoms with Gasteiger partial charge in [0.2, 0.25) is 0 Å². The minimum absolute atomic E-state index is 0.598. The van der Waals surface area contributed by atoms with Crippen LogP contribution in [0.3, 0.4) is 0 Å². The summed E-state index contributed by atoms with van der Waals surface area (Å²) in [6.45, 7) is 12.0. The van der Waals surface area contributed by atoms with Crippen molar-refractivity contribution in [2.75, 3.05) is 0 Å². The highest BCUT2D eigenvalue weighted by atomic mass is 15.3. The van der Waals surface area contributed by atoms with E-state index in [1.165, 1.54) is 5.69 Å². The second-order valence-electron chi connectivity index (χ2n) is 4.06. The monoisotopic (exact) mass is 180 g/mol. The fraction of sp³-hybridized carbons (Fsp3) is 0.727. The molecule has 0 amide bonds. The third-order valence-corrected chi connectivity index (χ3v) is 2.70. The second-order valence-corrected chi connectivity index (χ2v) is 4.06. The lowest BCUT2D eigenvalue weighted by atomic mass is 9.94. The Morgan fingerprint density at radius 3 is 2.46 bits per heavy atom. The van der Waals surface area contributed by atoms with Gasteiger partial charge in [0.1, 0.15) is 0 Å². The Labute approximate surface area is 81.0 Å². The first-order valence-electron chi connectivity index (χ1n) is 5.10. The van der Waals surface area contributed by atoms with Gasteiger partial charge in [-0.1, -0.05) is 20.8 Å². The van der Waals surface area contributed by atoms with Crippen molar-refractivity contribution in [1.29, 1.82) is 0 Å². The Bertz CT molecular complexity index is 274. The molecular formula is C11H20N2. The summed E-state index contributed by atoms with van der Waals surface area (Å²) in [5.41, 5.74) is 2.50. The van der Waals surface area contributed by atoms with E-state index in [2.05, 4.69) is 50.5 Å². The smallest absolute Gasteiger partial charge is 0.0596 e. The zero-order valence-electron chi connectivity index (χ0n) is 9.33. The molecule has 0 aromatic carbocycles. The number of aryl methyl sites for hydroxylation is 2. The van der Waals surface area contributed by atoms with Crippen molar-refractivity contribution in [3.8, 4) is 0 Å². The van der Waals surface area contributed by atoms with Crippen molar-refractivity contribution in [3.63, 3.8) is 0 Å². The van der Waals surface area contributed by atoms with Crippen LogP contribution in [-0.2, 0) is 6.54 Å². The molecule has 0 spiro atoms. The molecule has 74 valence electrons. The van der Waals surface area contributed by atoms with Crippen molar-refractivity contribution in [1.82, 2.24) is 9.78 Å². The molecule has 0 bridgehead atoms. The lowest BCUT2D eigenvalue weighted by Crippen LogP contribution is -2.10. The third-order valence-electron chi connectivity index (χ3n) is 2.70. The molecular weight excluding hydrogens is 160 g/mol. The van der Waals surface area contributed by atoms with E-state index >= 15 is 0 Å². The van der Waals surface area contributed by atoms with E-state index in [1.807, 2.05) is 0 Å². The van der Waals surface area contributed by atoms with Gasteiger partial charge in [-0.05, 0) is 25.8 Å². The summed E-state index contributed by atoms with van der Waals surface area (Å²) in [6.07, 6.45) is 0. The Hall–Kier alpha value is -0.790. The maximum atomic E-state index is 4.45. The first kappa shape index (κ1) is 10.3. The van der Waals surface area contributed by atoms with Crippen LogP contribution in [0.5, 0.6) is 0 Å². The van der Waals surface area contributed by atoms with Gasteiger partial charge in [-0.3, -0.25) is 4.68 Å². The first-order chi connectivity index (χ1) is 6.06. The van der Waals surface area contributed by atoms with Gasteiger partial charge >= 0.3 is 0 Å².